The maximum Gasteiger partial charge on any atom is 0.332 e. The highest BCUT2D eigenvalue weighted by molar-refractivity contribution is 8.14. The van der Waals surface area contributed by atoms with E-state index in [1.54, 1.807) is 6.92 Å². The molecule has 6 heteroatoms. The van der Waals surface area contributed by atoms with Crippen LogP contribution in [-0.2, 0) is 9.53 Å². The number of ether oxygens (including phenoxy) is 1. The van der Waals surface area contributed by atoms with Crippen LogP contribution in [-0.4, -0.2) is 23.5 Å². The molecule has 0 aromatic heterocycles. The lowest BCUT2D eigenvalue weighted by Crippen LogP contribution is -2.23. The molecule has 0 amide bonds. The Labute approximate surface area is 80.4 Å². The summed E-state index contributed by atoms with van der Waals surface area (Å²) < 4.78 is 4.73. The predicted molar refractivity (Wildman–Crippen MR) is 51.9 cm³/mol. The van der Waals surface area contributed by atoms with Crippen molar-refractivity contribution in [1.29, 1.82) is 0 Å². The van der Waals surface area contributed by atoms with Crippen LogP contribution in [0.5, 0.6) is 0 Å². The fourth-order valence-corrected chi connectivity index (χ4v) is 1.30. The average Bonchev–Trinajstić information content (AvgIpc) is 2.09. The quantitative estimate of drug-likeness (QED) is 0.486. The van der Waals surface area contributed by atoms with Gasteiger partial charge in [0.15, 0.2) is 5.17 Å². The van der Waals surface area contributed by atoms with E-state index >= 15 is 0 Å². The van der Waals surface area contributed by atoms with E-state index < -0.39 is 0 Å². The molecule has 0 radical (unpaired) electrons. The van der Waals surface area contributed by atoms with Crippen LogP contribution in [0, 0.1) is 0 Å². The third kappa shape index (κ3) is 3.37. The van der Waals surface area contributed by atoms with E-state index in [4.69, 9.17) is 10.5 Å². The summed E-state index contributed by atoms with van der Waals surface area (Å²) >= 11 is 1.38. The highest BCUT2D eigenvalue weighted by Crippen LogP contribution is 2.10. The molecule has 0 saturated heterocycles. The Balaban J connectivity index is 2.49. The van der Waals surface area contributed by atoms with Crippen molar-refractivity contribution in [3.05, 3.63) is 11.8 Å². The zero-order valence-electron chi connectivity index (χ0n) is 7.24. The highest BCUT2D eigenvalue weighted by Gasteiger charge is 2.08. The van der Waals surface area contributed by atoms with Gasteiger partial charge in [-0.3, -0.25) is 5.43 Å². The first-order valence-electron chi connectivity index (χ1n) is 3.81. The first kappa shape index (κ1) is 9.91. The molecule has 72 valence electrons. The third-order valence-corrected chi connectivity index (χ3v) is 2.11. The standard InChI is InChI=1S/C7H11N3O2S/c1-2-12-6(11)3-5-4-13-7(8)10-9-5/h3,9H,2,4H2,1H3,(H2,8,10). The maximum absolute atomic E-state index is 11.0. The molecule has 0 aromatic carbocycles. The molecule has 0 saturated carbocycles. The van der Waals surface area contributed by atoms with E-state index in [-0.39, 0.29) is 5.97 Å². The van der Waals surface area contributed by atoms with Gasteiger partial charge in [0, 0.05) is 11.8 Å². The number of hydrogen-bond acceptors (Lipinski definition) is 6. The van der Waals surface area contributed by atoms with Crippen molar-refractivity contribution in [3.63, 3.8) is 0 Å². The molecule has 0 aromatic rings. The second-order valence-electron chi connectivity index (χ2n) is 2.27. The molecule has 0 fully saturated rings. The number of nitrogens with two attached hydrogens (primary N) is 1. The van der Waals surface area contributed by atoms with Crippen LogP contribution in [0.15, 0.2) is 16.9 Å². The summed E-state index contributed by atoms with van der Waals surface area (Å²) in [4.78, 5) is 11.0. The van der Waals surface area contributed by atoms with Crippen LogP contribution in [0.4, 0.5) is 0 Å². The molecule has 1 rings (SSSR count). The lowest BCUT2D eigenvalue weighted by molar-refractivity contribution is -0.137. The van der Waals surface area contributed by atoms with Gasteiger partial charge in [-0.2, -0.15) is 5.10 Å². The Hall–Kier alpha value is -1.17. The van der Waals surface area contributed by atoms with Crippen LogP contribution in [0.3, 0.4) is 0 Å². The zero-order valence-corrected chi connectivity index (χ0v) is 8.06. The average molecular weight is 201 g/mol. The number of hydrogen-bond donors (Lipinski definition) is 2. The van der Waals surface area contributed by atoms with Crippen LogP contribution < -0.4 is 11.2 Å². The van der Waals surface area contributed by atoms with Crippen LogP contribution >= 0.6 is 11.8 Å². The summed E-state index contributed by atoms with van der Waals surface area (Å²) in [6, 6.07) is 0. The van der Waals surface area contributed by atoms with Crippen molar-refractivity contribution in [3.8, 4) is 0 Å². The van der Waals surface area contributed by atoms with Crippen LogP contribution in [0.1, 0.15) is 6.92 Å². The molecular weight excluding hydrogens is 190 g/mol. The fraction of sp³-hybridized carbons (Fsp3) is 0.429. The number of carbonyl (C=O) groups excluding carboxylic acids is 1. The topological polar surface area (TPSA) is 76.7 Å². The number of carbonyl (C=O) groups is 1. The molecule has 0 bridgehead atoms. The molecule has 5 nitrogen and oxygen atoms in total. The van der Waals surface area contributed by atoms with Gasteiger partial charge in [0.1, 0.15) is 0 Å². The van der Waals surface area contributed by atoms with E-state index in [9.17, 15) is 4.79 Å². The van der Waals surface area contributed by atoms with Crippen molar-refractivity contribution < 1.29 is 9.53 Å². The minimum absolute atomic E-state index is 0.360. The number of rotatable bonds is 2. The summed E-state index contributed by atoms with van der Waals surface area (Å²) in [5, 5.41) is 4.23. The van der Waals surface area contributed by atoms with Crippen LogP contribution in [0.2, 0.25) is 0 Å². The van der Waals surface area contributed by atoms with Gasteiger partial charge < -0.3 is 10.5 Å². The van der Waals surface area contributed by atoms with Gasteiger partial charge in [-0.25, -0.2) is 4.79 Å². The molecule has 0 atom stereocenters. The maximum atomic E-state index is 11.0. The van der Waals surface area contributed by atoms with E-state index in [1.165, 1.54) is 17.8 Å². The molecule has 3 N–H and O–H groups in total. The van der Waals surface area contributed by atoms with Crippen LogP contribution in [0.25, 0.3) is 0 Å². The first-order chi connectivity index (χ1) is 6.22. The Kier molecular flexibility index (Phi) is 3.63. The third-order valence-electron chi connectivity index (χ3n) is 1.26. The first-order valence-corrected chi connectivity index (χ1v) is 4.80. The summed E-state index contributed by atoms with van der Waals surface area (Å²) in [7, 11) is 0. The van der Waals surface area contributed by atoms with Crippen molar-refractivity contribution in [2.45, 2.75) is 6.92 Å². The molecule has 1 aliphatic heterocycles. The Morgan fingerprint density at radius 1 is 1.92 bits per heavy atom. The van der Waals surface area contributed by atoms with Gasteiger partial charge in [-0.05, 0) is 6.92 Å². The smallest absolute Gasteiger partial charge is 0.332 e. The Bertz CT molecular complexity index is 262. The normalized spacial score (nSPS) is 19.2. The van der Waals surface area contributed by atoms with E-state index in [0.717, 1.165) is 0 Å². The van der Waals surface area contributed by atoms with Crippen molar-refractivity contribution in [1.82, 2.24) is 5.43 Å². The molecule has 1 heterocycles. The molecule has 0 unspecified atom stereocenters. The number of nitrogens with one attached hydrogen (secondary N) is 1. The highest BCUT2D eigenvalue weighted by atomic mass is 32.2. The minimum Gasteiger partial charge on any atom is -0.463 e. The van der Waals surface area contributed by atoms with Crippen molar-refractivity contribution in [2.75, 3.05) is 12.4 Å². The van der Waals surface area contributed by atoms with E-state index in [1.807, 2.05) is 0 Å². The second kappa shape index (κ2) is 4.76. The summed E-state index contributed by atoms with van der Waals surface area (Å²) in [6.45, 7) is 2.14. The molecule has 0 aliphatic carbocycles. The summed E-state index contributed by atoms with van der Waals surface area (Å²) in [6.07, 6.45) is 1.38. The molecular formula is C7H11N3O2S. The van der Waals surface area contributed by atoms with E-state index in [0.29, 0.717) is 23.2 Å². The van der Waals surface area contributed by atoms with Gasteiger partial charge >= 0.3 is 5.97 Å². The number of nitrogens with zero attached hydrogens (tertiary/aromatic N) is 1. The van der Waals surface area contributed by atoms with Crippen molar-refractivity contribution in [2.24, 2.45) is 10.8 Å². The minimum atomic E-state index is -0.360. The zero-order chi connectivity index (χ0) is 9.68. The largest absolute Gasteiger partial charge is 0.463 e. The fourth-order valence-electron chi connectivity index (χ4n) is 0.743. The van der Waals surface area contributed by atoms with Crippen molar-refractivity contribution >= 4 is 22.9 Å². The lowest BCUT2D eigenvalue weighted by atomic mass is 10.4. The second-order valence-corrected chi connectivity index (χ2v) is 3.27. The summed E-state index contributed by atoms with van der Waals surface area (Å²) in [5.74, 6) is 0.259. The van der Waals surface area contributed by atoms with Gasteiger partial charge in [0.2, 0.25) is 0 Å². The number of amidine groups is 1. The monoisotopic (exact) mass is 201 g/mol. The molecule has 0 spiro atoms. The Morgan fingerprint density at radius 3 is 3.23 bits per heavy atom. The number of thioether (sulfide) groups is 1. The number of hydrazone groups is 1. The van der Waals surface area contributed by atoms with Gasteiger partial charge in [-0.1, -0.05) is 11.8 Å². The SMILES string of the molecule is CCOC(=O)C=C1CSC(N)=NN1. The van der Waals surface area contributed by atoms with Gasteiger partial charge in [0.25, 0.3) is 0 Å². The van der Waals surface area contributed by atoms with Gasteiger partial charge in [-0.15, -0.1) is 0 Å². The van der Waals surface area contributed by atoms with Gasteiger partial charge in [0.05, 0.1) is 12.3 Å². The number of esters is 1. The summed E-state index contributed by atoms with van der Waals surface area (Å²) in [5.41, 5.74) is 8.76. The lowest BCUT2D eigenvalue weighted by Gasteiger charge is -2.11. The predicted octanol–water partition coefficient (Wildman–Crippen LogP) is -0.000500. The molecule has 13 heavy (non-hydrogen) atoms. The Morgan fingerprint density at radius 2 is 2.69 bits per heavy atom. The molecule has 1 aliphatic rings. The van der Waals surface area contributed by atoms with E-state index in [2.05, 4.69) is 10.5 Å².